The van der Waals surface area contributed by atoms with E-state index in [2.05, 4.69) is 4.74 Å². The first kappa shape index (κ1) is 12.4. The number of unbranched alkanes of at least 4 members (excludes halogenated alkanes) is 1. The molecule has 5 nitrogen and oxygen atoms in total. The summed E-state index contributed by atoms with van der Waals surface area (Å²) in [6, 6.07) is -0.792. The van der Waals surface area contributed by atoms with Crippen molar-refractivity contribution in [3.8, 4) is 0 Å². The molecule has 0 fully saturated rings. The van der Waals surface area contributed by atoms with Crippen LogP contribution in [0.5, 0.6) is 0 Å². The minimum atomic E-state index is -0.792. The van der Waals surface area contributed by atoms with Crippen molar-refractivity contribution in [2.24, 2.45) is 0 Å². The Hall–Kier alpha value is -1.65. The van der Waals surface area contributed by atoms with Gasteiger partial charge in [0.15, 0.2) is 0 Å². The fourth-order valence-electron chi connectivity index (χ4n) is 1.60. The average molecular weight is 225 g/mol. The molecular formula is C11H15NO4. The van der Waals surface area contributed by atoms with E-state index in [0.29, 0.717) is 6.42 Å². The van der Waals surface area contributed by atoms with Crippen molar-refractivity contribution in [1.29, 1.82) is 0 Å². The van der Waals surface area contributed by atoms with Crippen molar-refractivity contribution in [3.63, 3.8) is 0 Å². The van der Waals surface area contributed by atoms with Gasteiger partial charge in [0.2, 0.25) is 0 Å². The molecule has 1 aliphatic heterocycles. The molecule has 1 aliphatic rings. The van der Waals surface area contributed by atoms with Crippen molar-refractivity contribution in [2.45, 2.75) is 32.2 Å². The number of esters is 1. The highest BCUT2D eigenvalue weighted by Gasteiger charge is 2.35. The van der Waals surface area contributed by atoms with E-state index in [1.165, 1.54) is 19.3 Å². The Morgan fingerprint density at radius 2 is 1.94 bits per heavy atom. The molecule has 0 aliphatic carbocycles. The van der Waals surface area contributed by atoms with Crippen LogP contribution in [0.25, 0.3) is 0 Å². The number of ether oxygens (including phenoxy) is 1. The first-order chi connectivity index (χ1) is 7.61. The summed E-state index contributed by atoms with van der Waals surface area (Å²) in [5.74, 6) is -1.44. The Bertz CT molecular complexity index is 317. The number of amides is 2. The molecule has 0 spiro atoms. The van der Waals surface area contributed by atoms with Gasteiger partial charge in [0, 0.05) is 12.2 Å². The van der Waals surface area contributed by atoms with Gasteiger partial charge in [-0.15, -0.1) is 0 Å². The zero-order valence-corrected chi connectivity index (χ0v) is 9.43. The number of carbonyl (C=O) groups is 3. The van der Waals surface area contributed by atoms with Gasteiger partial charge in [0.1, 0.15) is 6.04 Å². The Kier molecular flexibility index (Phi) is 4.22. The second kappa shape index (κ2) is 5.44. The van der Waals surface area contributed by atoms with Crippen molar-refractivity contribution in [2.75, 3.05) is 7.11 Å². The van der Waals surface area contributed by atoms with E-state index in [0.717, 1.165) is 17.7 Å². The molecule has 0 saturated heterocycles. The Morgan fingerprint density at radius 3 is 2.38 bits per heavy atom. The lowest BCUT2D eigenvalue weighted by atomic mass is 10.1. The van der Waals surface area contributed by atoms with Gasteiger partial charge >= 0.3 is 5.97 Å². The summed E-state index contributed by atoms with van der Waals surface area (Å²) in [6.45, 7) is 1.97. The number of rotatable bonds is 5. The third-order valence-corrected chi connectivity index (χ3v) is 2.46. The minimum Gasteiger partial charge on any atom is -0.467 e. The summed E-state index contributed by atoms with van der Waals surface area (Å²) in [5.41, 5.74) is 0. The van der Waals surface area contributed by atoms with Gasteiger partial charge in [0.25, 0.3) is 11.8 Å². The summed E-state index contributed by atoms with van der Waals surface area (Å²) >= 11 is 0. The van der Waals surface area contributed by atoms with Crippen LogP contribution < -0.4 is 0 Å². The first-order valence-electron chi connectivity index (χ1n) is 5.24. The van der Waals surface area contributed by atoms with Crippen LogP contribution >= 0.6 is 0 Å². The summed E-state index contributed by atoms with van der Waals surface area (Å²) in [5, 5.41) is 0. The minimum absolute atomic E-state index is 0.447. The average Bonchev–Trinajstić information content (AvgIpc) is 2.60. The highest BCUT2D eigenvalue weighted by Crippen LogP contribution is 2.15. The quantitative estimate of drug-likeness (QED) is 0.509. The largest absolute Gasteiger partial charge is 0.467 e. The Balaban J connectivity index is 2.79. The summed E-state index contributed by atoms with van der Waals surface area (Å²) in [6.07, 6.45) is 4.44. The van der Waals surface area contributed by atoms with Gasteiger partial charge in [-0.1, -0.05) is 19.8 Å². The topological polar surface area (TPSA) is 63.7 Å². The molecule has 0 bridgehead atoms. The van der Waals surface area contributed by atoms with E-state index in [-0.39, 0.29) is 0 Å². The number of hydrogen-bond donors (Lipinski definition) is 0. The van der Waals surface area contributed by atoms with Crippen molar-refractivity contribution >= 4 is 17.8 Å². The normalized spacial score (nSPS) is 16.8. The van der Waals surface area contributed by atoms with Crippen LogP contribution in [0.2, 0.25) is 0 Å². The molecule has 1 heterocycles. The second-order valence-corrected chi connectivity index (χ2v) is 3.56. The van der Waals surface area contributed by atoms with Crippen LogP contribution in [-0.4, -0.2) is 35.8 Å². The van der Waals surface area contributed by atoms with Crippen molar-refractivity contribution in [3.05, 3.63) is 12.2 Å². The maximum absolute atomic E-state index is 11.5. The molecule has 16 heavy (non-hydrogen) atoms. The predicted molar refractivity (Wildman–Crippen MR) is 56.3 cm³/mol. The lowest BCUT2D eigenvalue weighted by Gasteiger charge is -2.23. The summed E-state index contributed by atoms with van der Waals surface area (Å²) < 4.78 is 4.61. The fraction of sp³-hybridized carbons (Fsp3) is 0.545. The van der Waals surface area contributed by atoms with Gasteiger partial charge in [-0.05, 0) is 6.42 Å². The van der Waals surface area contributed by atoms with E-state index >= 15 is 0 Å². The third kappa shape index (κ3) is 2.48. The van der Waals surface area contributed by atoms with Crippen LogP contribution in [0.4, 0.5) is 0 Å². The van der Waals surface area contributed by atoms with Gasteiger partial charge < -0.3 is 4.74 Å². The molecule has 1 unspecified atom stereocenters. The molecule has 0 radical (unpaired) electrons. The molecule has 2 amide bonds. The van der Waals surface area contributed by atoms with Crippen LogP contribution in [0.15, 0.2) is 12.2 Å². The molecule has 5 heteroatoms. The molecule has 1 rings (SSSR count). The first-order valence-corrected chi connectivity index (χ1v) is 5.24. The zero-order chi connectivity index (χ0) is 12.1. The van der Waals surface area contributed by atoms with Crippen LogP contribution in [0, 0.1) is 0 Å². The third-order valence-electron chi connectivity index (χ3n) is 2.46. The monoisotopic (exact) mass is 225 g/mol. The van der Waals surface area contributed by atoms with Gasteiger partial charge in [-0.25, -0.2) is 4.79 Å². The van der Waals surface area contributed by atoms with Gasteiger partial charge in [-0.3, -0.25) is 14.5 Å². The number of nitrogens with zero attached hydrogens (tertiary/aromatic N) is 1. The Morgan fingerprint density at radius 1 is 1.38 bits per heavy atom. The predicted octanol–water partition coefficient (Wildman–Crippen LogP) is 0.643. The molecule has 0 saturated carbocycles. The molecule has 88 valence electrons. The van der Waals surface area contributed by atoms with E-state index < -0.39 is 23.8 Å². The van der Waals surface area contributed by atoms with E-state index in [9.17, 15) is 14.4 Å². The summed E-state index contributed by atoms with van der Waals surface area (Å²) in [7, 11) is 1.25. The van der Waals surface area contributed by atoms with Gasteiger partial charge in [-0.2, -0.15) is 0 Å². The Labute approximate surface area is 94.1 Å². The van der Waals surface area contributed by atoms with Crippen molar-refractivity contribution < 1.29 is 19.1 Å². The molecule has 0 N–H and O–H groups in total. The molecule has 0 aromatic heterocycles. The standard InChI is InChI=1S/C11H15NO4/c1-3-4-5-8(11(15)16-2)12-9(13)6-7-10(12)14/h6-8H,3-5H2,1-2H3. The number of imide groups is 1. The van der Waals surface area contributed by atoms with E-state index in [1.807, 2.05) is 6.92 Å². The molecular weight excluding hydrogens is 210 g/mol. The van der Waals surface area contributed by atoms with Crippen molar-refractivity contribution in [1.82, 2.24) is 4.90 Å². The van der Waals surface area contributed by atoms with Gasteiger partial charge in [0.05, 0.1) is 7.11 Å². The fourth-order valence-corrected chi connectivity index (χ4v) is 1.60. The number of methoxy groups -OCH3 is 1. The van der Waals surface area contributed by atoms with Crippen LogP contribution in [0.1, 0.15) is 26.2 Å². The van der Waals surface area contributed by atoms with E-state index in [4.69, 9.17) is 0 Å². The maximum Gasteiger partial charge on any atom is 0.329 e. The van der Waals surface area contributed by atoms with Crippen LogP contribution in [0.3, 0.4) is 0 Å². The molecule has 0 aromatic carbocycles. The smallest absolute Gasteiger partial charge is 0.329 e. The lowest BCUT2D eigenvalue weighted by Crippen LogP contribution is -2.45. The number of carbonyl (C=O) groups excluding carboxylic acids is 3. The summed E-state index contributed by atoms with van der Waals surface area (Å²) in [4.78, 5) is 35.3. The zero-order valence-electron chi connectivity index (χ0n) is 9.43. The maximum atomic E-state index is 11.5. The van der Waals surface area contributed by atoms with Crippen LogP contribution in [-0.2, 0) is 19.1 Å². The number of hydrogen-bond acceptors (Lipinski definition) is 4. The van der Waals surface area contributed by atoms with E-state index in [1.54, 1.807) is 0 Å². The molecule has 0 aromatic rings. The second-order valence-electron chi connectivity index (χ2n) is 3.56. The SMILES string of the molecule is CCCCC(C(=O)OC)N1C(=O)C=CC1=O. The highest BCUT2D eigenvalue weighted by atomic mass is 16.5. The lowest BCUT2D eigenvalue weighted by molar-refractivity contribution is -0.155. The highest BCUT2D eigenvalue weighted by molar-refractivity contribution is 6.14. The molecule has 1 atom stereocenters.